The number of methoxy groups -OCH3 is 1. The Balaban J connectivity index is 1.34. The van der Waals surface area contributed by atoms with Crippen molar-refractivity contribution < 1.29 is 27.9 Å². The highest BCUT2D eigenvalue weighted by Crippen LogP contribution is 2.41. The lowest BCUT2D eigenvalue weighted by atomic mass is 9.97. The van der Waals surface area contributed by atoms with Crippen molar-refractivity contribution in [1.29, 1.82) is 0 Å². The van der Waals surface area contributed by atoms with Crippen LogP contribution in [0, 0.1) is 11.8 Å². The molecule has 3 atom stereocenters. The molecule has 266 valence electrons. The van der Waals surface area contributed by atoms with Gasteiger partial charge in [-0.3, -0.25) is 4.79 Å². The molecule has 2 fully saturated rings. The maximum atomic E-state index is 14.1. The van der Waals surface area contributed by atoms with Gasteiger partial charge in [-0.1, -0.05) is 58.0 Å². The van der Waals surface area contributed by atoms with Crippen molar-refractivity contribution >= 4 is 33.3 Å². The lowest BCUT2D eigenvalue weighted by molar-refractivity contribution is -0.128. The molecule has 1 aromatic heterocycles. The highest BCUT2D eigenvalue weighted by Gasteiger charge is 2.41. The van der Waals surface area contributed by atoms with Crippen LogP contribution in [-0.4, -0.2) is 96.0 Å². The molecule has 3 amide bonds. The minimum Gasteiger partial charge on any atom is -0.497 e. The van der Waals surface area contributed by atoms with E-state index in [0.29, 0.717) is 31.3 Å². The normalized spacial score (nSPS) is 17.2. The molecule has 0 spiro atoms. The van der Waals surface area contributed by atoms with Gasteiger partial charge in [0.2, 0.25) is 15.9 Å². The summed E-state index contributed by atoms with van der Waals surface area (Å²) in [4.78, 5) is 36.0. The number of benzene rings is 2. The van der Waals surface area contributed by atoms with Crippen LogP contribution in [0.5, 0.6) is 5.75 Å². The number of aliphatic hydroxyl groups excluding tert-OH is 1. The van der Waals surface area contributed by atoms with Crippen LogP contribution in [0.2, 0.25) is 0 Å². The molecule has 1 aliphatic heterocycles. The SMILES string of the molecule is COc1ccc(S(=O)(=O)N(CC(C)C)C[C@@H](O)[C@H](Cc2ccccc2)NC(=O)[C@H](C(C)C)N2CCN(Cc3csc(C4CC4)n3)C2=O)cc1. The fourth-order valence-corrected chi connectivity index (χ4v) is 8.85. The molecule has 11 nitrogen and oxygen atoms in total. The van der Waals surface area contributed by atoms with Crippen molar-refractivity contribution in [3.63, 3.8) is 0 Å². The van der Waals surface area contributed by atoms with Gasteiger partial charge in [-0.05, 0) is 60.9 Å². The van der Waals surface area contributed by atoms with E-state index in [1.54, 1.807) is 33.3 Å². The molecule has 2 aliphatic rings. The number of nitrogens with one attached hydrogen (secondary N) is 1. The molecule has 1 aliphatic carbocycles. The van der Waals surface area contributed by atoms with E-state index < -0.39 is 28.2 Å². The molecule has 0 unspecified atom stereocenters. The van der Waals surface area contributed by atoms with Gasteiger partial charge in [-0.15, -0.1) is 11.3 Å². The van der Waals surface area contributed by atoms with Crippen LogP contribution >= 0.6 is 11.3 Å². The van der Waals surface area contributed by atoms with Crippen molar-refractivity contribution in [3.8, 4) is 5.75 Å². The summed E-state index contributed by atoms with van der Waals surface area (Å²) in [5.74, 6) is 0.458. The standard InChI is InChI=1S/C36H49N5O6S2/c1-24(2)20-40(49(45,46)30-15-13-29(47-5)14-16-30)22-32(42)31(19-26-9-7-6-8-10-26)38-34(43)33(25(3)4)41-18-17-39(36(41)44)21-28-23-48-35(37-28)27-11-12-27/h6-10,13-16,23-25,27,31-33,42H,11-12,17-22H2,1-5H3,(H,38,43)/t31-,32+,33-/m0/s1. The number of hydrogen-bond acceptors (Lipinski definition) is 8. The first-order chi connectivity index (χ1) is 23.4. The number of hydrogen-bond donors (Lipinski definition) is 2. The number of ether oxygens (including phenoxy) is 1. The first-order valence-corrected chi connectivity index (χ1v) is 19.4. The van der Waals surface area contributed by atoms with Crippen molar-refractivity contribution in [1.82, 2.24) is 24.4 Å². The Bertz CT molecular complexity index is 1660. The fraction of sp³-hybridized carbons (Fsp3) is 0.528. The highest BCUT2D eigenvalue weighted by atomic mass is 32.2. The van der Waals surface area contributed by atoms with Gasteiger partial charge < -0.3 is 25.0 Å². The monoisotopic (exact) mass is 711 g/mol. The summed E-state index contributed by atoms with van der Waals surface area (Å²) in [5.41, 5.74) is 1.74. The van der Waals surface area contributed by atoms with Gasteiger partial charge in [0.05, 0.1) is 41.4 Å². The second kappa shape index (κ2) is 16.0. The second-order valence-electron chi connectivity index (χ2n) is 13.8. The van der Waals surface area contributed by atoms with Crippen molar-refractivity contribution in [2.24, 2.45) is 11.8 Å². The lowest BCUT2D eigenvalue weighted by Gasteiger charge is -2.34. The lowest BCUT2D eigenvalue weighted by Crippen LogP contribution is -2.57. The zero-order valence-electron chi connectivity index (χ0n) is 29.0. The molecule has 2 heterocycles. The third kappa shape index (κ3) is 9.19. The predicted octanol–water partition coefficient (Wildman–Crippen LogP) is 4.73. The first-order valence-electron chi connectivity index (χ1n) is 17.0. The van der Waals surface area contributed by atoms with Crippen LogP contribution in [-0.2, 0) is 27.8 Å². The summed E-state index contributed by atoms with van der Waals surface area (Å²) in [6.07, 6.45) is 1.36. The average molecular weight is 712 g/mol. The predicted molar refractivity (Wildman–Crippen MR) is 190 cm³/mol. The van der Waals surface area contributed by atoms with Crippen LogP contribution < -0.4 is 10.1 Å². The zero-order valence-corrected chi connectivity index (χ0v) is 30.6. The summed E-state index contributed by atoms with van der Waals surface area (Å²) < 4.78 is 34.2. The van der Waals surface area contributed by atoms with Crippen LogP contribution in [0.1, 0.15) is 62.7 Å². The van der Waals surface area contributed by atoms with E-state index in [9.17, 15) is 23.1 Å². The van der Waals surface area contributed by atoms with E-state index in [0.717, 1.165) is 16.3 Å². The summed E-state index contributed by atoms with van der Waals surface area (Å²) >= 11 is 1.64. The molecule has 0 radical (unpaired) electrons. The Hall–Kier alpha value is -3.52. The van der Waals surface area contributed by atoms with E-state index in [1.807, 2.05) is 63.4 Å². The third-order valence-corrected chi connectivity index (χ3v) is 11.9. The van der Waals surface area contributed by atoms with Crippen LogP contribution in [0.3, 0.4) is 0 Å². The summed E-state index contributed by atoms with van der Waals surface area (Å²) in [7, 11) is -2.48. The van der Waals surface area contributed by atoms with Crippen molar-refractivity contribution in [3.05, 3.63) is 76.2 Å². The minimum atomic E-state index is -3.99. The summed E-state index contributed by atoms with van der Waals surface area (Å²) in [6, 6.07) is 13.8. The van der Waals surface area contributed by atoms with E-state index >= 15 is 0 Å². The number of sulfonamides is 1. The molecular formula is C36H49N5O6S2. The Morgan fingerprint density at radius 2 is 1.76 bits per heavy atom. The fourth-order valence-electron chi connectivity index (χ4n) is 6.25. The number of urea groups is 1. The average Bonchev–Trinajstić information content (AvgIpc) is 3.72. The topological polar surface area (TPSA) is 132 Å². The number of thiazole rings is 1. The quantitative estimate of drug-likeness (QED) is 0.207. The van der Waals surface area contributed by atoms with Crippen molar-refractivity contribution in [2.45, 2.75) is 82.5 Å². The Morgan fingerprint density at radius 1 is 1.06 bits per heavy atom. The number of rotatable bonds is 17. The number of carbonyl (C=O) groups is 2. The van der Waals surface area contributed by atoms with Gasteiger partial charge in [0, 0.05) is 37.5 Å². The number of carbonyl (C=O) groups excluding carboxylic acids is 2. The Kier molecular flexibility index (Phi) is 12.0. The van der Waals surface area contributed by atoms with E-state index in [2.05, 4.69) is 5.32 Å². The largest absolute Gasteiger partial charge is 0.497 e. The van der Waals surface area contributed by atoms with E-state index in [1.165, 1.54) is 36.4 Å². The maximum Gasteiger partial charge on any atom is 0.321 e. The smallest absolute Gasteiger partial charge is 0.321 e. The van der Waals surface area contributed by atoms with Crippen LogP contribution in [0.4, 0.5) is 4.79 Å². The molecule has 1 saturated carbocycles. The summed E-state index contributed by atoms with van der Waals surface area (Å²) in [5, 5.41) is 17.9. The van der Waals surface area contributed by atoms with Gasteiger partial charge in [-0.25, -0.2) is 18.2 Å². The number of aromatic nitrogens is 1. The minimum absolute atomic E-state index is 0.0265. The van der Waals surface area contributed by atoms with E-state index in [-0.39, 0.29) is 48.2 Å². The number of amides is 3. The molecule has 3 aromatic rings. The Labute approximate surface area is 294 Å². The Morgan fingerprint density at radius 3 is 2.37 bits per heavy atom. The maximum absolute atomic E-state index is 14.1. The molecule has 1 saturated heterocycles. The molecule has 49 heavy (non-hydrogen) atoms. The second-order valence-corrected chi connectivity index (χ2v) is 16.6. The van der Waals surface area contributed by atoms with Gasteiger partial charge in [0.25, 0.3) is 0 Å². The molecular weight excluding hydrogens is 663 g/mol. The zero-order chi connectivity index (χ0) is 35.3. The first kappa shape index (κ1) is 36.8. The highest BCUT2D eigenvalue weighted by molar-refractivity contribution is 7.89. The number of aliphatic hydroxyl groups is 1. The van der Waals surface area contributed by atoms with Gasteiger partial charge in [0.15, 0.2) is 0 Å². The molecule has 2 N–H and O–H groups in total. The third-order valence-electron chi connectivity index (χ3n) is 8.96. The van der Waals surface area contributed by atoms with Gasteiger partial charge >= 0.3 is 6.03 Å². The summed E-state index contributed by atoms with van der Waals surface area (Å²) in [6.45, 7) is 8.84. The van der Waals surface area contributed by atoms with Gasteiger partial charge in [-0.2, -0.15) is 4.31 Å². The molecule has 5 rings (SSSR count). The van der Waals surface area contributed by atoms with Crippen LogP contribution in [0.15, 0.2) is 64.9 Å². The van der Waals surface area contributed by atoms with Gasteiger partial charge in [0.1, 0.15) is 11.8 Å². The van der Waals surface area contributed by atoms with E-state index in [4.69, 9.17) is 9.72 Å². The molecule has 13 heteroatoms. The molecule has 2 aromatic carbocycles. The van der Waals surface area contributed by atoms with Crippen molar-refractivity contribution in [2.75, 3.05) is 33.3 Å². The molecule has 0 bridgehead atoms. The number of nitrogens with zero attached hydrogens (tertiary/aromatic N) is 4. The van der Waals surface area contributed by atoms with Crippen LogP contribution in [0.25, 0.3) is 0 Å².